The molecule has 0 radical (unpaired) electrons. The number of carboxylic acids is 1. The monoisotopic (exact) mass is 450 g/mol. The fourth-order valence-electron chi connectivity index (χ4n) is 4.62. The number of likely N-dealkylation sites (N-methyl/N-ethyl adjacent to an activating group) is 1. The van der Waals surface area contributed by atoms with Crippen molar-refractivity contribution < 1.29 is 24.2 Å². The van der Waals surface area contributed by atoms with Crippen LogP contribution >= 0.6 is 0 Å². The van der Waals surface area contributed by atoms with Crippen LogP contribution in [0, 0.1) is 5.92 Å². The second kappa shape index (κ2) is 10.1. The molecule has 174 valence electrons. The molecule has 1 fully saturated rings. The number of hydrogen-bond acceptors (Lipinski definition) is 4. The van der Waals surface area contributed by atoms with Crippen molar-refractivity contribution in [1.29, 1.82) is 0 Å². The highest BCUT2D eigenvalue weighted by atomic mass is 16.5. The van der Waals surface area contributed by atoms with Gasteiger partial charge in [0.15, 0.2) is 0 Å². The zero-order valence-electron chi connectivity index (χ0n) is 18.8. The number of fused-ring (bicyclic) bond motifs is 3. The fraction of sp³-hybridized carbons (Fsp3) is 0.423. The van der Waals surface area contributed by atoms with Crippen molar-refractivity contribution >= 4 is 18.0 Å². The third-order valence-electron chi connectivity index (χ3n) is 6.49. The number of benzene rings is 2. The first-order valence-corrected chi connectivity index (χ1v) is 11.6. The molecule has 0 saturated heterocycles. The molecular formula is C26H30N2O5. The smallest absolute Gasteiger partial charge is 0.407 e. The molecule has 2 aliphatic rings. The molecule has 1 saturated carbocycles. The van der Waals surface area contributed by atoms with Crippen molar-refractivity contribution in [2.24, 2.45) is 5.92 Å². The van der Waals surface area contributed by atoms with E-state index in [2.05, 4.69) is 29.6 Å². The second-order valence-electron chi connectivity index (χ2n) is 8.70. The van der Waals surface area contributed by atoms with Crippen molar-refractivity contribution in [3.05, 3.63) is 59.7 Å². The minimum absolute atomic E-state index is 0.0116. The van der Waals surface area contributed by atoms with E-state index in [1.165, 1.54) is 0 Å². The largest absolute Gasteiger partial charge is 0.481 e. The SMILES string of the molecule is CCN(CCCC(=O)O)C(=O)C(NC(=O)OCC1c2ccccc2-c2ccccc21)C1CC1. The normalized spacial score (nSPS) is 15.3. The van der Waals surface area contributed by atoms with Gasteiger partial charge in [0.1, 0.15) is 12.6 Å². The first-order valence-electron chi connectivity index (χ1n) is 11.6. The Kier molecular flexibility index (Phi) is 6.96. The van der Waals surface area contributed by atoms with E-state index in [1.54, 1.807) is 4.90 Å². The number of amides is 2. The lowest BCUT2D eigenvalue weighted by Crippen LogP contribution is -2.50. The lowest BCUT2D eigenvalue weighted by atomic mass is 9.98. The number of nitrogens with one attached hydrogen (secondary N) is 1. The van der Waals surface area contributed by atoms with E-state index in [0.717, 1.165) is 35.1 Å². The molecule has 4 rings (SSSR count). The summed E-state index contributed by atoms with van der Waals surface area (Å²) in [5.74, 6) is -0.985. The zero-order chi connectivity index (χ0) is 23.4. The molecule has 33 heavy (non-hydrogen) atoms. The Morgan fingerprint density at radius 2 is 1.67 bits per heavy atom. The summed E-state index contributed by atoms with van der Waals surface area (Å²) in [7, 11) is 0. The minimum atomic E-state index is -0.881. The van der Waals surface area contributed by atoms with Crippen molar-refractivity contribution in [3.63, 3.8) is 0 Å². The van der Waals surface area contributed by atoms with Crippen LogP contribution in [0.5, 0.6) is 0 Å². The van der Waals surface area contributed by atoms with Gasteiger partial charge in [-0.1, -0.05) is 48.5 Å². The topological polar surface area (TPSA) is 95.9 Å². The van der Waals surface area contributed by atoms with E-state index in [4.69, 9.17) is 9.84 Å². The number of ether oxygens (including phenoxy) is 1. The van der Waals surface area contributed by atoms with Crippen LogP contribution in [0.4, 0.5) is 4.79 Å². The van der Waals surface area contributed by atoms with E-state index in [9.17, 15) is 14.4 Å². The maximum Gasteiger partial charge on any atom is 0.407 e. The van der Waals surface area contributed by atoms with Gasteiger partial charge in [0.25, 0.3) is 0 Å². The quantitative estimate of drug-likeness (QED) is 0.570. The zero-order valence-corrected chi connectivity index (χ0v) is 18.8. The minimum Gasteiger partial charge on any atom is -0.481 e. The highest BCUT2D eigenvalue weighted by Gasteiger charge is 2.39. The van der Waals surface area contributed by atoms with Crippen LogP contribution in [0.15, 0.2) is 48.5 Å². The van der Waals surface area contributed by atoms with E-state index < -0.39 is 18.1 Å². The van der Waals surface area contributed by atoms with Gasteiger partial charge in [-0.3, -0.25) is 9.59 Å². The number of nitrogens with zero attached hydrogens (tertiary/aromatic N) is 1. The van der Waals surface area contributed by atoms with Crippen molar-refractivity contribution in [1.82, 2.24) is 10.2 Å². The Morgan fingerprint density at radius 3 is 2.21 bits per heavy atom. The predicted molar refractivity (Wildman–Crippen MR) is 124 cm³/mol. The first kappa shape index (κ1) is 22.8. The number of aliphatic carboxylic acids is 1. The van der Waals surface area contributed by atoms with E-state index >= 15 is 0 Å². The van der Waals surface area contributed by atoms with Crippen LogP contribution in [0.25, 0.3) is 11.1 Å². The van der Waals surface area contributed by atoms with Crippen LogP contribution < -0.4 is 5.32 Å². The molecule has 2 aromatic carbocycles. The summed E-state index contributed by atoms with van der Waals surface area (Å²) in [6, 6.07) is 15.7. The molecule has 2 aliphatic carbocycles. The van der Waals surface area contributed by atoms with Crippen LogP contribution in [0.2, 0.25) is 0 Å². The number of carboxylic acid groups (broad SMARTS) is 1. The molecule has 0 aromatic heterocycles. The lowest BCUT2D eigenvalue weighted by molar-refractivity contribution is -0.138. The number of hydrogen-bond donors (Lipinski definition) is 2. The molecule has 7 heteroatoms. The van der Waals surface area contributed by atoms with Gasteiger partial charge >= 0.3 is 12.1 Å². The van der Waals surface area contributed by atoms with E-state index in [1.807, 2.05) is 31.2 Å². The summed E-state index contributed by atoms with van der Waals surface area (Å²) in [6.07, 6.45) is 1.57. The number of alkyl carbamates (subject to hydrolysis) is 1. The van der Waals surface area contributed by atoms with Gasteiger partial charge < -0.3 is 20.1 Å². The molecule has 0 bridgehead atoms. The molecule has 7 nitrogen and oxygen atoms in total. The van der Waals surface area contributed by atoms with Crippen LogP contribution in [-0.4, -0.2) is 53.7 Å². The van der Waals surface area contributed by atoms with Crippen molar-refractivity contribution in [2.75, 3.05) is 19.7 Å². The molecule has 1 atom stereocenters. The van der Waals surface area contributed by atoms with Gasteiger partial charge in [-0.15, -0.1) is 0 Å². The van der Waals surface area contributed by atoms with Gasteiger partial charge in [-0.2, -0.15) is 0 Å². The molecule has 2 aromatic rings. The second-order valence-corrected chi connectivity index (χ2v) is 8.70. The molecule has 2 amide bonds. The average Bonchev–Trinajstić information content (AvgIpc) is 3.61. The number of carbonyl (C=O) groups excluding carboxylic acids is 2. The molecule has 0 spiro atoms. The standard InChI is InChI=1S/C26H30N2O5/c1-2-28(15-7-12-23(29)30)25(31)24(17-13-14-17)27-26(32)33-16-22-20-10-5-3-8-18(20)19-9-4-6-11-21(19)22/h3-6,8-11,17,22,24H,2,7,12-16H2,1H3,(H,27,32)(H,29,30). The Morgan fingerprint density at radius 1 is 1.06 bits per heavy atom. The molecule has 2 N–H and O–H groups in total. The van der Waals surface area contributed by atoms with Gasteiger partial charge in [0.05, 0.1) is 0 Å². The Bertz CT molecular complexity index is 987. The highest BCUT2D eigenvalue weighted by Crippen LogP contribution is 2.44. The molecule has 0 heterocycles. The predicted octanol–water partition coefficient (Wildman–Crippen LogP) is 4.02. The molecule has 1 unspecified atom stereocenters. The van der Waals surface area contributed by atoms with Gasteiger partial charge in [0, 0.05) is 25.4 Å². The third-order valence-corrected chi connectivity index (χ3v) is 6.49. The first-order chi connectivity index (χ1) is 16.0. The summed E-state index contributed by atoms with van der Waals surface area (Å²) in [6.45, 7) is 2.88. The number of carbonyl (C=O) groups is 3. The lowest BCUT2D eigenvalue weighted by Gasteiger charge is -2.27. The summed E-state index contributed by atoms with van der Waals surface area (Å²) < 4.78 is 5.63. The maximum absolute atomic E-state index is 13.1. The highest BCUT2D eigenvalue weighted by molar-refractivity contribution is 5.86. The van der Waals surface area contributed by atoms with E-state index in [-0.39, 0.29) is 30.8 Å². The van der Waals surface area contributed by atoms with Crippen molar-refractivity contribution in [3.8, 4) is 11.1 Å². The maximum atomic E-state index is 13.1. The van der Waals surface area contributed by atoms with Gasteiger partial charge in [0.2, 0.25) is 5.91 Å². The molecular weight excluding hydrogens is 420 g/mol. The van der Waals surface area contributed by atoms with Gasteiger partial charge in [-0.05, 0) is 54.4 Å². The molecule has 0 aliphatic heterocycles. The van der Waals surface area contributed by atoms with Gasteiger partial charge in [-0.25, -0.2) is 4.79 Å². The third kappa shape index (κ3) is 5.18. The summed E-state index contributed by atoms with van der Waals surface area (Å²) in [5.41, 5.74) is 4.59. The van der Waals surface area contributed by atoms with Crippen molar-refractivity contribution in [2.45, 2.75) is 44.6 Å². The Labute approximate surface area is 193 Å². The van der Waals surface area contributed by atoms with Crippen LogP contribution in [-0.2, 0) is 14.3 Å². The van der Waals surface area contributed by atoms with E-state index in [0.29, 0.717) is 19.5 Å². The fourth-order valence-corrected chi connectivity index (χ4v) is 4.62. The number of rotatable bonds is 10. The summed E-state index contributed by atoms with van der Waals surface area (Å²) in [4.78, 5) is 38.2. The Hall–Kier alpha value is -3.35. The summed E-state index contributed by atoms with van der Waals surface area (Å²) >= 11 is 0. The average molecular weight is 451 g/mol. The summed E-state index contributed by atoms with van der Waals surface area (Å²) in [5, 5.41) is 11.7. The Balaban J connectivity index is 1.38. The van der Waals surface area contributed by atoms with Crippen LogP contribution in [0.3, 0.4) is 0 Å². The van der Waals surface area contributed by atoms with Crippen LogP contribution in [0.1, 0.15) is 49.7 Å².